The largest absolute Gasteiger partial charge is 0.337 e. The molecule has 0 unspecified atom stereocenters. The molecule has 0 saturated carbocycles. The lowest BCUT2D eigenvalue weighted by Gasteiger charge is -2.07. The second-order valence-electron chi connectivity index (χ2n) is 9.05. The number of amides is 1. The molecule has 6 rings (SSSR count). The van der Waals surface area contributed by atoms with Crippen LogP contribution in [0.5, 0.6) is 0 Å². The second kappa shape index (κ2) is 9.84. The van der Waals surface area contributed by atoms with Crippen molar-refractivity contribution < 1.29 is 14.0 Å². The number of aromatic nitrogens is 6. The maximum Gasteiger partial charge on any atom is 0.224 e. The molecular weight excluding hydrogens is 517 g/mol. The van der Waals surface area contributed by atoms with Crippen molar-refractivity contribution in [1.29, 1.82) is 0 Å². The van der Waals surface area contributed by atoms with Crippen molar-refractivity contribution in [3.8, 4) is 33.2 Å². The molecule has 5 aromatic heterocycles. The highest BCUT2D eigenvalue weighted by molar-refractivity contribution is 7.17. The molecule has 0 bridgehead atoms. The average Bonchev–Trinajstić information content (AvgIpc) is 3.67. The van der Waals surface area contributed by atoms with E-state index in [-0.39, 0.29) is 22.8 Å². The number of anilines is 1. The van der Waals surface area contributed by atoms with Crippen molar-refractivity contribution in [2.45, 2.75) is 26.7 Å². The van der Waals surface area contributed by atoms with Crippen LogP contribution in [0.4, 0.5) is 10.1 Å². The number of imidazole rings is 1. The average molecular weight is 540 g/mol. The first-order chi connectivity index (χ1) is 18.9. The molecule has 9 nitrogen and oxygen atoms in total. The lowest BCUT2D eigenvalue weighted by atomic mass is 10.1. The molecule has 0 aliphatic carbocycles. The van der Waals surface area contributed by atoms with E-state index in [9.17, 15) is 9.59 Å². The van der Waals surface area contributed by atoms with Crippen molar-refractivity contribution in [2.75, 3.05) is 5.32 Å². The van der Waals surface area contributed by atoms with Crippen LogP contribution < -0.4 is 5.32 Å². The predicted octanol–water partition coefficient (Wildman–Crippen LogP) is 6.37. The van der Waals surface area contributed by atoms with Gasteiger partial charge in [-0.3, -0.25) is 24.7 Å². The van der Waals surface area contributed by atoms with E-state index >= 15 is 4.39 Å². The zero-order valence-electron chi connectivity index (χ0n) is 21.0. The van der Waals surface area contributed by atoms with Crippen LogP contribution in [-0.4, -0.2) is 41.8 Å². The lowest BCUT2D eigenvalue weighted by Crippen LogP contribution is -2.10. The molecule has 0 fully saturated rings. The van der Waals surface area contributed by atoms with E-state index in [1.165, 1.54) is 36.9 Å². The van der Waals surface area contributed by atoms with Crippen LogP contribution >= 0.6 is 11.3 Å². The standard InChI is InChI=1S/C28H22FN7O2S/c1-3-5-22(38)32-16-10-15(11-30-12-16)25-24(29)23-19(13-31-25)35-36-27(23)28-33-18-7-4-6-17(26(18)34-28)21-9-8-20(39-21)14(2)37/h4,6-13H,3,5H2,1-2H3,(H,32,38)(H,33,34)(H,35,36). The summed E-state index contributed by atoms with van der Waals surface area (Å²) in [4.78, 5) is 41.9. The number of Topliss-reactive ketones (excluding diaryl/α,β-unsaturated/α-hetero) is 1. The van der Waals surface area contributed by atoms with E-state index < -0.39 is 5.82 Å². The van der Waals surface area contributed by atoms with E-state index in [1.54, 1.807) is 12.1 Å². The third-order valence-corrected chi connectivity index (χ3v) is 7.49. The fourth-order valence-electron chi connectivity index (χ4n) is 4.45. The van der Waals surface area contributed by atoms with Gasteiger partial charge >= 0.3 is 0 Å². The fraction of sp³-hybridized carbons (Fsp3) is 0.143. The summed E-state index contributed by atoms with van der Waals surface area (Å²) in [7, 11) is 0. The fourth-order valence-corrected chi connectivity index (χ4v) is 5.38. The minimum atomic E-state index is -0.583. The molecule has 0 aliphatic rings. The van der Waals surface area contributed by atoms with Gasteiger partial charge in [-0.05, 0) is 37.6 Å². The van der Waals surface area contributed by atoms with Crippen LogP contribution in [-0.2, 0) is 4.79 Å². The normalized spacial score (nSPS) is 11.4. The predicted molar refractivity (Wildman–Crippen MR) is 149 cm³/mol. The zero-order chi connectivity index (χ0) is 27.1. The Bertz CT molecular complexity index is 1890. The molecule has 1 aromatic carbocycles. The molecule has 3 N–H and O–H groups in total. The van der Waals surface area contributed by atoms with E-state index in [0.29, 0.717) is 51.5 Å². The Morgan fingerprint density at radius 2 is 1.95 bits per heavy atom. The highest BCUT2D eigenvalue weighted by atomic mass is 32.1. The maximum atomic E-state index is 16.0. The van der Waals surface area contributed by atoms with Crippen LogP contribution in [0.2, 0.25) is 0 Å². The van der Waals surface area contributed by atoms with Crippen molar-refractivity contribution in [3.05, 3.63) is 65.7 Å². The first kappa shape index (κ1) is 24.6. The number of hydrogen-bond donors (Lipinski definition) is 3. The first-order valence-corrected chi connectivity index (χ1v) is 13.1. The minimum Gasteiger partial charge on any atom is -0.337 e. The highest BCUT2D eigenvalue weighted by Gasteiger charge is 2.22. The van der Waals surface area contributed by atoms with Gasteiger partial charge in [0.1, 0.15) is 11.4 Å². The van der Waals surface area contributed by atoms with Crippen LogP contribution in [0.25, 0.3) is 55.2 Å². The van der Waals surface area contributed by atoms with E-state index in [2.05, 4.69) is 30.5 Å². The number of aromatic amines is 2. The van der Waals surface area contributed by atoms with Crippen molar-refractivity contribution in [1.82, 2.24) is 30.1 Å². The SMILES string of the molecule is CCCC(=O)Nc1cncc(-c2ncc3[nH]nc(-c4nc5c(-c6ccc(C(C)=O)s6)cccc5[nH]4)c3c2F)c1. The van der Waals surface area contributed by atoms with Gasteiger partial charge in [0.05, 0.1) is 44.9 Å². The lowest BCUT2D eigenvalue weighted by molar-refractivity contribution is -0.116. The minimum absolute atomic E-state index is 0.00750. The summed E-state index contributed by atoms with van der Waals surface area (Å²) >= 11 is 1.40. The number of ketones is 1. The van der Waals surface area contributed by atoms with E-state index in [1.807, 2.05) is 31.2 Å². The molecule has 11 heteroatoms. The summed E-state index contributed by atoms with van der Waals surface area (Å²) in [5.41, 5.74) is 3.99. The Morgan fingerprint density at radius 3 is 2.74 bits per heavy atom. The quantitative estimate of drug-likeness (QED) is 0.202. The number of hydrogen-bond acceptors (Lipinski definition) is 7. The molecule has 5 heterocycles. The Balaban J connectivity index is 1.43. The van der Waals surface area contributed by atoms with Gasteiger partial charge in [-0.1, -0.05) is 19.1 Å². The maximum absolute atomic E-state index is 16.0. The molecule has 1 amide bonds. The van der Waals surface area contributed by atoms with Gasteiger partial charge in [0, 0.05) is 28.6 Å². The number of para-hydroxylation sites is 1. The number of benzene rings is 1. The Kier molecular flexibility index (Phi) is 6.20. The van der Waals surface area contributed by atoms with Crippen molar-refractivity contribution in [3.63, 3.8) is 0 Å². The number of rotatable bonds is 7. The van der Waals surface area contributed by atoms with E-state index in [0.717, 1.165) is 16.0 Å². The first-order valence-electron chi connectivity index (χ1n) is 12.3. The Morgan fingerprint density at radius 1 is 1.08 bits per heavy atom. The molecule has 0 saturated heterocycles. The number of carbonyl (C=O) groups is 2. The van der Waals surface area contributed by atoms with Crippen LogP contribution in [0.15, 0.2) is 55.0 Å². The molecule has 39 heavy (non-hydrogen) atoms. The van der Waals surface area contributed by atoms with Crippen LogP contribution in [0.3, 0.4) is 0 Å². The van der Waals surface area contributed by atoms with Crippen molar-refractivity contribution >= 4 is 50.7 Å². The number of halogens is 1. The van der Waals surface area contributed by atoms with Gasteiger partial charge in [-0.25, -0.2) is 9.37 Å². The summed E-state index contributed by atoms with van der Waals surface area (Å²) in [6.07, 6.45) is 5.61. The summed E-state index contributed by atoms with van der Waals surface area (Å²) < 4.78 is 16.0. The molecule has 0 spiro atoms. The van der Waals surface area contributed by atoms with Gasteiger partial charge in [0.25, 0.3) is 0 Å². The summed E-state index contributed by atoms with van der Waals surface area (Å²) in [6, 6.07) is 11.1. The number of nitrogens with zero attached hydrogens (tertiary/aromatic N) is 4. The van der Waals surface area contributed by atoms with Crippen molar-refractivity contribution in [2.24, 2.45) is 0 Å². The van der Waals surface area contributed by atoms with Crippen LogP contribution in [0, 0.1) is 5.82 Å². The van der Waals surface area contributed by atoms with Crippen LogP contribution in [0.1, 0.15) is 36.4 Å². The zero-order valence-corrected chi connectivity index (χ0v) is 21.8. The van der Waals surface area contributed by atoms with Gasteiger partial charge in [0.2, 0.25) is 5.91 Å². The monoisotopic (exact) mass is 539 g/mol. The number of H-pyrrole nitrogens is 2. The number of fused-ring (bicyclic) bond motifs is 2. The number of carbonyl (C=O) groups excluding carboxylic acids is 2. The molecule has 194 valence electrons. The Labute approximate surface area is 225 Å². The molecular formula is C28H22FN7O2S. The van der Waals surface area contributed by atoms with E-state index in [4.69, 9.17) is 4.98 Å². The molecule has 0 radical (unpaired) electrons. The number of thiophene rings is 1. The number of pyridine rings is 2. The van der Waals surface area contributed by atoms with Gasteiger partial charge in [-0.2, -0.15) is 5.10 Å². The number of nitrogens with one attached hydrogen (secondary N) is 3. The smallest absolute Gasteiger partial charge is 0.224 e. The summed E-state index contributed by atoms with van der Waals surface area (Å²) in [5, 5.41) is 10.2. The Hall–Kier alpha value is -4.77. The highest BCUT2D eigenvalue weighted by Crippen LogP contribution is 2.36. The third kappa shape index (κ3) is 4.46. The molecule has 6 aromatic rings. The third-order valence-electron chi connectivity index (χ3n) is 6.27. The summed E-state index contributed by atoms with van der Waals surface area (Å²) in [5.74, 6) is -0.322. The van der Waals surface area contributed by atoms with Gasteiger partial charge in [0.15, 0.2) is 17.4 Å². The molecule has 0 aliphatic heterocycles. The summed E-state index contributed by atoms with van der Waals surface area (Å²) in [6.45, 7) is 3.46. The van der Waals surface area contributed by atoms with Gasteiger partial charge < -0.3 is 10.3 Å². The topological polar surface area (TPSA) is 129 Å². The second-order valence-corrected chi connectivity index (χ2v) is 10.1. The van der Waals surface area contributed by atoms with Gasteiger partial charge in [-0.15, -0.1) is 11.3 Å². The molecule has 0 atom stereocenters.